The minimum absolute atomic E-state index is 0.230. The lowest BCUT2D eigenvalue weighted by atomic mass is 10.0. The summed E-state index contributed by atoms with van der Waals surface area (Å²) >= 11 is 0. The highest BCUT2D eigenvalue weighted by Gasteiger charge is 2.17. The molecule has 0 aliphatic carbocycles. The third-order valence-corrected chi connectivity index (χ3v) is 6.70. The molecular formula is C28H34N8O2. The largest absolute Gasteiger partial charge is 0.379 e. The SMILES string of the molecule is CN(C)CCNc1cc(C(=O)Nc2cc3cc(-c4cnn(C)c4CN4CCOCC4)ccc3cn2)ccn1. The molecule has 4 aromatic rings. The molecule has 10 heteroatoms. The average molecular weight is 515 g/mol. The molecule has 2 N–H and O–H groups in total. The summed E-state index contributed by atoms with van der Waals surface area (Å²) < 4.78 is 7.45. The van der Waals surface area contributed by atoms with E-state index in [0.717, 1.165) is 67.8 Å². The molecule has 0 spiro atoms. The van der Waals surface area contributed by atoms with Crippen LogP contribution in [0.5, 0.6) is 0 Å². The van der Waals surface area contributed by atoms with Crippen LogP contribution in [0.4, 0.5) is 11.6 Å². The van der Waals surface area contributed by atoms with Crippen LogP contribution in [0.2, 0.25) is 0 Å². The van der Waals surface area contributed by atoms with Crippen LogP contribution in [0.1, 0.15) is 16.1 Å². The first-order valence-corrected chi connectivity index (χ1v) is 12.8. The number of carbonyl (C=O) groups is 1. The second-order valence-electron chi connectivity index (χ2n) is 9.76. The van der Waals surface area contributed by atoms with E-state index in [0.29, 0.717) is 17.2 Å². The number of hydrogen-bond acceptors (Lipinski definition) is 8. The van der Waals surface area contributed by atoms with Gasteiger partial charge in [-0.15, -0.1) is 0 Å². The maximum absolute atomic E-state index is 13.0. The van der Waals surface area contributed by atoms with Crippen LogP contribution in [0, 0.1) is 0 Å². The number of pyridine rings is 2. The van der Waals surface area contributed by atoms with Crippen LogP contribution in [-0.4, -0.2) is 88.9 Å². The van der Waals surface area contributed by atoms with Crippen molar-refractivity contribution in [2.24, 2.45) is 7.05 Å². The first-order valence-electron chi connectivity index (χ1n) is 12.8. The van der Waals surface area contributed by atoms with E-state index in [9.17, 15) is 4.79 Å². The van der Waals surface area contributed by atoms with E-state index < -0.39 is 0 Å². The zero-order valence-corrected chi connectivity index (χ0v) is 22.1. The highest BCUT2D eigenvalue weighted by molar-refractivity contribution is 6.05. The van der Waals surface area contributed by atoms with Gasteiger partial charge >= 0.3 is 0 Å². The standard InChI is InChI=1S/C28H34N8O2/c1-34(2)9-8-30-26-15-21(6-7-29-26)28(37)33-27-16-23-14-20(4-5-22(23)17-31-27)24-18-32-35(3)25(24)19-36-10-12-38-13-11-36/h4-7,14-18H,8-13,19H2,1-3H3,(H,29,30)(H,31,33,37). The maximum Gasteiger partial charge on any atom is 0.257 e. The van der Waals surface area contributed by atoms with Crippen molar-refractivity contribution in [1.29, 1.82) is 0 Å². The molecule has 0 unspecified atom stereocenters. The normalized spacial score (nSPS) is 14.2. The molecule has 1 aromatic carbocycles. The molecule has 1 fully saturated rings. The lowest BCUT2D eigenvalue weighted by molar-refractivity contribution is 0.0332. The number of fused-ring (bicyclic) bond motifs is 1. The summed E-state index contributed by atoms with van der Waals surface area (Å²) in [5.74, 6) is 0.935. The van der Waals surface area contributed by atoms with Gasteiger partial charge in [0.05, 0.1) is 25.1 Å². The Kier molecular flexibility index (Phi) is 7.92. The van der Waals surface area contributed by atoms with Gasteiger partial charge in [-0.05, 0) is 49.3 Å². The topological polar surface area (TPSA) is 100 Å². The second kappa shape index (κ2) is 11.7. The number of aromatic nitrogens is 4. The predicted octanol–water partition coefficient (Wildman–Crippen LogP) is 3.09. The van der Waals surface area contributed by atoms with Crippen LogP contribution in [0.3, 0.4) is 0 Å². The summed E-state index contributed by atoms with van der Waals surface area (Å²) in [4.78, 5) is 26.2. The average Bonchev–Trinajstić information content (AvgIpc) is 3.28. The Morgan fingerprint density at radius 1 is 1.03 bits per heavy atom. The highest BCUT2D eigenvalue weighted by Crippen LogP contribution is 2.29. The predicted molar refractivity (Wildman–Crippen MR) is 149 cm³/mol. The fourth-order valence-corrected chi connectivity index (χ4v) is 4.50. The van der Waals surface area contributed by atoms with Gasteiger partial charge in [-0.3, -0.25) is 14.4 Å². The molecule has 1 saturated heterocycles. The first kappa shape index (κ1) is 25.8. The van der Waals surface area contributed by atoms with Crippen molar-refractivity contribution in [2.45, 2.75) is 6.54 Å². The van der Waals surface area contributed by atoms with E-state index in [1.54, 1.807) is 24.5 Å². The molecule has 0 radical (unpaired) electrons. The fraction of sp³-hybridized carbons (Fsp3) is 0.357. The number of likely N-dealkylation sites (N-methyl/N-ethyl adjacent to an activating group) is 1. The zero-order valence-electron chi connectivity index (χ0n) is 22.1. The smallest absolute Gasteiger partial charge is 0.257 e. The summed E-state index contributed by atoms with van der Waals surface area (Å²) in [6, 6.07) is 11.7. The van der Waals surface area contributed by atoms with Crippen molar-refractivity contribution in [3.05, 3.63) is 66.2 Å². The lowest BCUT2D eigenvalue weighted by Crippen LogP contribution is -2.36. The number of nitrogens with zero attached hydrogens (tertiary/aromatic N) is 6. The number of morpholine rings is 1. The molecular weight excluding hydrogens is 480 g/mol. The summed E-state index contributed by atoms with van der Waals surface area (Å²) in [6.07, 6.45) is 5.34. The third kappa shape index (κ3) is 6.16. The molecule has 10 nitrogen and oxygen atoms in total. The lowest BCUT2D eigenvalue weighted by Gasteiger charge is -2.27. The van der Waals surface area contributed by atoms with E-state index in [4.69, 9.17) is 4.74 Å². The van der Waals surface area contributed by atoms with Gasteiger partial charge in [0.2, 0.25) is 0 Å². The van der Waals surface area contributed by atoms with Crippen LogP contribution in [0.15, 0.2) is 55.0 Å². The van der Waals surface area contributed by atoms with Crippen molar-refractivity contribution in [3.63, 3.8) is 0 Å². The van der Waals surface area contributed by atoms with Gasteiger partial charge in [-0.1, -0.05) is 12.1 Å². The number of anilines is 2. The molecule has 5 rings (SSSR count). The Hall–Kier alpha value is -3.86. The van der Waals surface area contributed by atoms with E-state index >= 15 is 0 Å². The number of nitrogens with one attached hydrogen (secondary N) is 2. The van der Waals surface area contributed by atoms with E-state index in [1.807, 2.05) is 38.1 Å². The molecule has 38 heavy (non-hydrogen) atoms. The Labute approximate surface area is 222 Å². The molecule has 198 valence electrons. The van der Waals surface area contributed by atoms with Gasteiger partial charge in [0.1, 0.15) is 11.6 Å². The zero-order chi connectivity index (χ0) is 26.5. The second-order valence-corrected chi connectivity index (χ2v) is 9.76. The van der Waals surface area contributed by atoms with Crippen molar-refractivity contribution in [1.82, 2.24) is 29.5 Å². The first-order chi connectivity index (χ1) is 18.5. The number of rotatable bonds is 9. The van der Waals surface area contributed by atoms with Crippen LogP contribution in [-0.2, 0) is 18.3 Å². The molecule has 3 aromatic heterocycles. The monoisotopic (exact) mass is 514 g/mol. The van der Waals surface area contributed by atoms with Gasteiger partial charge in [0.15, 0.2) is 0 Å². The number of hydrogen-bond donors (Lipinski definition) is 2. The molecule has 1 aliphatic heterocycles. The molecule has 1 aliphatic rings. The third-order valence-electron chi connectivity index (χ3n) is 6.70. The number of benzene rings is 1. The van der Waals surface area contributed by atoms with Crippen LogP contribution >= 0.6 is 0 Å². The van der Waals surface area contributed by atoms with Crippen molar-refractivity contribution < 1.29 is 9.53 Å². The van der Waals surface area contributed by atoms with Crippen LogP contribution in [0.25, 0.3) is 21.9 Å². The molecule has 0 bridgehead atoms. The van der Waals surface area contributed by atoms with Crippen molar-refractivity contribution in [3.8, 4) is 11.1 Å². The Morgan fingerprint density at radius 3 is 2.68 bits per heavy atom. The summed E-state index contributed by atoms with van der Waals surface area (Å²) in [5.41, 5.74) is 3.88. The van der Waals surface area contributed by atoms with E-state index in [1.165, 1.54) is 5.69 Å². The maximum atomic E-state index is 13.0. The highest BCUT2D eigenvalue weighted by atomic mass is 16.5. The summed E-state index contributed by atoms with van der Waals surface area (Å²) in [7, 11) is 6.01. The Morgan fingerprint density at radius 2 is 1.87 bits per heavy atom. The Bertz CT molecular complexity index is 1410. The quantitative estimate of drug-likeness (QED) is 0.352. The van der Waals surface area contributed by atoms with Gasteiger partial charge in [0, 0.05) is 68.7 Å². The molecule has 0 atom stereocenters. The van der Waals surface area contributed by atoms with Gasteiger partial charge in [-0.25, -0.2) is 9.97 Å². The van der Waals surface area contributed by atoms with Crippen LogP contribution < -0.4 is 10.6 Å². The van der Waals surface area contributed by atoms with E-state index in [2.05, 4.69) is 53.7 Å². The fourth-order valence-electron chi connectivity index (χ4n) is 4.50. The minimum atomic E-state index is -0.230. The Balaban J connectivity index is 1.33. The molecule has 0 saturated carbocycles. The minimum Gasteiger partial charge on any atom is -0.379 e. The van der Waals surface area contributed by atoms with Crippen molar-refractivity contribution >= 4 is 28.3 Å². The number of aryl methyl sites for hydroxylation is 1. The molecule has 4 heterocycles. The summed E-state index contributed by atoms with van der Waals surface area (Å²) in [6.45, 7) is 5.80. The van der Waals surface area contributed by atoms with Gasteiger partial charge < -0.3 is 20.3 Å². The van der Waals surface area contributed by atoms with Crippen molar-refractivity contribution in [2.75, 3.05) is 64.1 Å². The summed E-state index contributed by atoms with van der Waals surface area (Å²) in [5, 5.41) is 12.7. The van der Waals surface area contributed by atoms with Gasteiger partial charge in [-0.2, -0.15) is 5.10 Å². The van der Waals surface area contributed by atoms with E-state index in [-0.39, 0.29) is 5.91 Å². The van der Waals surface area contributed by atoms with Gasteiger partial charge in [0.25, 0.3) is 5.91 Å². The number of ether oxygens (including phenoxy) is 1. The molecule has 1 amide bonds. The number of carbonyl (C=O) groups excluding carboxylic acids is 1. The number of amides is 1.